The van der Waals surface area contributed by atoms with E-state index >= 15 is 0 Å². The second kappa shape index (κ2) is 8.67. The summed E-state index contributed by atoms with van der Waals surface area (Å²) in [5, 5.41) is 2.99. The van der Waals surface area contributed by atoms with E-state index in [1.807, 2.05) is 29.2 Å². The number of ether oxygens (including phenoxy) is 1. The van der Waals surface area contributed by atoms with E-state index in [0.717, 1.165) is 37.7 Å². The number of hydrogen-bond donors (Lipinski definition) is 1. The van der Waals surface area contributed by atoms with Crippen LogP contribution in [0.5, 0.6) is 0 Å². The maximum absolute atomic E-state index is 12.5. The van der Waals surface area contributed by atoms with E-state index < -0.39 is 0 Å². The molecule has 0 bridgehead atoms. The molecule has 1 N–H and O–H groups in total. The number of carbonyl (C=O) groups is 2. The van der Waals surface area contributed by atoms with Crippen molar-refractivity contribution in [3.8, 4) is 0 Å². The van der Waals surface area contributed by atoms with Gasteiger partial charge in [-0.05, 0) is 55.7 Å². The highest BCUT2D eigenvalue weighted by atomic mass is 16.5. The van der Waals surface area contributed by atoms with Crippen LogP contribution in [0.1, 0.15) is 61.9 Å². The molecule has 2 aliphatic carbocycles. The summed E-state index contributed by atoms with van der Waals surface area (Å²) in [7, 11) is 0. The second-order valence-corrected chi connectivity index (χ2v) is 7.93. The Bertz CT molecular complexity index is 619. The average molecular weight is 358 g/mol. The van der Waals surface area contributed by atoms with Gasteiger partial charge in [0.25, 0.3) is 5.91 Å². The normalized spacial score (nSPS) is 16.6. The Labute approximate surface area is 156 Å². The van der Waals surface area contributed by atoms with E-state index in [1.54, 1.807) is 0 Å². The summed E-state index contributed by atoms with van der Waals surface area (Å²) in [6.45, 7) is 5.67. The fourth-order valence-corrected chi connectivity index (χ4v) is 2.82. The molecular formula is C21H30N2O3. The van der Waals surface area contributed by atoms with Crippen LogP contribution < -0.4 is 5.32 Å². The molecular weight excluding hydrogens is 328 g/mol. The predicted molar refractivity (Wildman–Crippen MR) is 101 cm³/mol. The van der Waals surface area contributed by atoms with Crippen LogP contribution in [0.3, 0.4) is 0 Å². The third-order valence-corrected chi connectivity index (χ3v) is 4.85. The smallest absolute Gasteiger partial charge is 0.251 e. The minimum Gasteiger partial charge on any atom is -0.372 e. The highest BCUT2D eigenvalue weighted by molar-refractivity contribution is 5.94. The molecule has 0 aromatic heterocycles. The summed E-state index contributed by atoms with van der Waals surface area (Å²) in [6.07, 6.45) is 5.28. The van der Waals surface area contributed by atoms with Crippen molar-refractivity contribution in [1.82, 2.24) is 10.2 Å². The Kier molecular flexibility index (Phi) is 6.30. The second-order valence-electron chi connectivity index (χ2n) is 7.93. The summed E-state index contributed by atoms with van der Waals surface area (Å²) < 4.78 is 5.55. The Morgan fingerprint density at radius 1 is 1.15 bits per heavy atom. The molecule has 0 radical (unpaired) electrons. The molecule has 1 aromatic carbocycles. The van der Waals surface area contributed by atoms with Crippen molar-refractivity contribution in [2.45, 2.75) is 64.6 Å². The quantitative estimate of drug-likeness (QED) is 0.654. The van der Waals surface area contributed by atoms with Gasteiger partial charge in [-0.2, -0.15) is 0 Å². The van der Waals surface area contributed by atoms with Crippen LogP contribution in [-0.2, 0) is 16.1 Å². The molecule has 26 heavy (non-hydrogen) atoms. The largest absolute Gasteiger partial charge is 0.372 e. The van der Waals surface area contributed by atoms with E-state index in [4.69, 9.17) is 4.74 Å². The van der Waals surface area contributed by atoms with E-state index in [2.05, 4.69) is 19.2 Å². The number of nitrogens with one attached hydrogen (secondary N) is 1. The van der Waals surface area contributed by atoms with Crippen molar-refractivity contribution in [2.75, 3.05) is 13.2 Å². The molecule has 5 nitrogen and oxygen atoms in total. The molecule has 2 aliphatic rings. The van der Waals surface area contributed by atoms with Crippen molar-refractivity contribution in [2.24, 2.45) is 5.92 Å². The lowest BCUT2D eigenvalue weighted by Gasteiger charge is -2.23. The fourth-order valence-electron chi connectivity index (χ4n) is 2.82. The minimum atomic E-state index is -0.00673. The zero-order valence-corrected chi connectivity index (χ0v) is 15.9. The first-order chi connectivity index (χ1) is 12.5. The van der Waals surface area contributed by atoms with Crippen LogP contribution in [0.25, 0.3) is 0 Å². The van der Waals surface area contributed by atoms with Crippen molar-refractivity contribution in [3.05, 3.63) is 35.4 Å². The van der Waals surface area contributed by atoms with Gasteiger partial charge in [0.1, 0.15) is 6.61 Å². The van der Waals surface area contributed by atoms with E-state index in [-0.39, 0.29) is 18.4 Å². The third-order valence-electron chi connectivity index (χ3n) is 4.85. The van der Waals surface area contributed by atoms with Gasteiger partial charge in [-0.15, -0.1) is 0 Å². The zero-order valence-electron chi connectivity index (χ0n) is 15.9. The highest BCUT2D eigenvalue weighted by Gasteiger charge is 2.32. The molecule has 0 aliphatic heterocycles. The number of amides is 2. The maximum Gasteiger partial charge on any atom is 0.251 e. The van der Waals surface area contributed by atoms with Crippen molar-refractivity contribution < 1.29 is 14.3 Å². The molecule has 0 unspecified atom stereocenters. The van der Waals surface area contributed by atoms with Gasteiger partial charge in [0.2, 0.25) is 5.91 Å². The lowest BCUT2D eigenvalue weighted by molar-refractivity contribution is -0.137. The van der Waals surface area contributed by atoms with Gasteiger partial charge in [-0.1, -0.05) is 26.0 Å². The molecule has 2 fully saturated rings. The van der Waals surface area contributed by atoms with Crippen LogP contribution in [-0.4, -0.2) is 42.0 Å². The summed E-state index contributed by atoms with van der Waals surface area (Å²) >= 11 is 0. The lowest BCUT2D eigenvalue weighted by atomic mass is 10.1. The first-order valence-corrected chi connectivity index (χ1v) is 9.80. The minimum absolute atomic E-state index is 0.00673. The predicted octanol–water partition coefficient (Wildman–Crippen LogP) is 3.13. The Balaban J connectivity index is 1.50. The molecule has 0 saturated heterocycles. The number of nitrogens with zero attached hydrogens (tertiary/aromatic N) is 1. The summed E-state index contributed by atoms with van der Waals surface area (Å²) in [6, 6.07) is 8.30. The number of benzene rings is 1. The van der Waals surface area contributed by atoms with Crippen LogP contribution in [0, 0.1) is 5.92 Å². The first kappa shape index (κ1) is 18.9. The van der Waals surface area contributed by atoms with Crippen molar-refractivity contribution >= 4 is 11.8 Å². The Hall–Kier alpha value is -1.88. The Morgan fingerprint density at radius 3 is 2.42 bits per heavy atom. The van der Waals surface area contributed by atoms with E-state index in [1.165, 1.54) is 0 Å². The number of rotatable bonds is 10. The monoisotopic (exact) mass is 358 g/mol. The van der Waals surface area contributed by atoms with Crippen molar-refractivity contribution in [1.29, 1.82) is 0 Å². The fraction of sp³-hybridized carbons (Fsp3) is 0.619. The van der Waals surface area contributed by atoms with Gasteiger partial charge in [-0.25, -0.2) is 0 Å². The summed E-state index contributed by atoms with van der Waals surface area (Å²) in [5.74, 6) is 0.639. The summed E-state index contributed by atoms with van der Waals surface area (Å²) in [5.41, 5.74) is 1.73. The molecule has 2 amide bonds. The third kappa shape index (κ3) is 5.84. The molecule has 0 spiro atoms. The molecule has 142 valence electrons. The molecule has 5 heteroatoms. The van der Waals surface area contributed by atoms with Crippen LogP contribution in [0.4, 0.5) is 0 Å². The van der Waals surface area contributed by atoms with Crippen LogP contribution in [0.2, 0.25) is 0 Å². The molecule has 2 saturated carbocycles. The molecule has 1 aromatic rings. The first-order valence-electron chi connectivity index (χ1n) is 9.80. The highest BCUT2D eigenvalue weighted by Crippen LogP contribution is 2.28. The Morgan fingerprint density at radius 2 is 1.85 bits per heavy atom. The van der Waals surface area contributed by atoms with Gasteiger partial charge in [-0.3, -0.25) is 9.59 Å². The van der Waals surface area contributed by atoms with Gasteiger partial charge in [0.05, 0.1) is 0 Å². The average Bonchev–Trinajstić information content (AvgIpc) is 3.51. The van der Waals surface area contributed by atoms with Crippen LogP contribution >= 0.6 is 0 Å². The van der Waals surface area contributed by atoms with Gasteiger partial charge in [0.15, 0.2) is 0 Å². The van der Waals surface area contributed by atoms with E-state index in [0.29, 0.717) is 36.7 Å². The van der Waals surface area contributed by atoms with Crippen LogP contribution in [0.15, 0.2) is 24.3 Å². The van der Waals surface area contributed by atoms with Gasteiger partial charge < -0.3 is 15.0 Å². The van der Waals surface area contributed by atoms with E-state index in [9.17, 15) is 9.59 Å². The van der Waals surface area contributed by atoms with Gasteiger partial charge >= 0.3 is 0 Å². The topological polar surface area (TPSA) is 58.6 Å². The van der Waals surface area contributed by atoms with Crippen molar-refractivity contribution in [3.63, 3.8) is 0 Å². The zero-order chi connectivity index (χ0) is 18.5. The molecule has 0 atom stereocenters. The summed E-state index contributed by atoms with van der Waals surface area (Å²) in [4.78, 5) is 26.5. The molecule has 3 rings (SSSR count). The SMILES string of the molecule is CC(C)CCOCC(=O)N(Cc1ccc(C(=O)NC2CC2)cc1)C1CC1. The molecule has 0 heterocycles. The lowest BCUT2D eigenvalue weighted by Crippen LogP contribution is -2.35. The number of hydrogen-bond acceptors (Lipinski definition) is 3. The maximum atomic E-state index is 12.5. The number of carbonyl (C=O) groups excluding carboxylic acids is 2. The van der Waals surface area contributed by atoms with Gasteiger partial charge in [0, 0.05) is 30.8 Å². The standard InChI is InChI=1S/C21H30N2O3/c1-15(2)11-12-26-14-20(24)23(19-9-10-19)13-16-3-5-17(6-4-16)21(25)22-18-7-8-18/h3-6,15,18-19H,7-14H2,1-2H3,(H,22,25).